The highest BCUT2D eigenvalue weighted by molar-refractivity contribution is 7.16. The molecule has 1 amide bonds. The van der Waals surface area contributed by atoms with Crippen LogP contribution in [0.5, 0.6) is 0 Å². The van der Waals surface area contributed by atoms with E-state index in [2.05, 4.69) is 35.5 Å². The molecule has 1 saturated carbocycles. The first kappa shape index (κ1) is 14.5. The van der Waals surface area contributed by atoms with Crippen molar-refractivity contribution >= 4 is 27.5 Å². The average Bonchev–Trinajstić information content (AvgIpc) is 3.20. The lowest BCUT2D eigenvalue weighted by Crippen LogP contribution is -2.20. The molecule has 0 N–H and O–H groups in total. The van der Waals surface area contributed by atoms with Crippen LogP contribution in [0.1, 0.15) is 24.0 Å². The minimum absolute atomic E-state index is 0.0297. The normalized spacial score (nSPS) is 15.9. The zero-order chi connectivity index (χ0) is 15.0. The summed E-state index contributed by atoms with van der Waals surface area (Å²) < 4.78 is 8.51. The summed E-state index contributed by atoms with van der Waals surface area (Å²) in [5, 5.41) is 0. The molecule has 21 heavy (non-hydrogen) atoms. The van der Waals surface area contributed by atoms with Gasteiger partial charge in [-0.2, -0.15) is 4.99 Å². The second-order valence-electron chi connectivity index (χ2n) is 5.68. The van der Waals surface area contributed by atoms with E-state index in [-0.39, 0.29) is 11.8 Å². The quantitative estimate of drug-likeness (QED) is 0.872. The van der Waals surface area contributed by atoms with Crippen LogP contribution in [0.4, 0.5) is 0 Å². The Balaban J connectivity index is 2.17. The van der Waals surface area contributed by atoms with E-state index in [1.165, 1.54) is 21.3 Å². The monoisotopic (exact) mass is 304 g/mol. The Kier molecular flexibility index (Phi) is 3.95. The molecule has 1 aromatic heterocycles. The van der Waals surface area contributed by atoms with Gasteiger partial charge >= 0.3 is 0 Å². The fourth-order valence-electron chi connectivity index (χ4n) is 2.58. The molecule has 1 aliphatic carbocycles. The smallest absolute Gasteiger partial charge is 0.251 e. The van der Waals surface area contributed by atoms with Gasteiger partial charge in [-0.25, -0.2) is 0 Å². The molecule has 2 aromatic rings. The molecule has 5 heteroatoms. The molecular formula is C16H20N2O2S. The molecule has 3 rings (SSSR count). The van der Waals surface area contributed by atoms with Crippen molar-refractivity contribution in [2.45, 2.75) is 33.2 Å². The third-order valence-electron chi connectivity index (χ3n) is 3.76. The van der Waals surface area contributed by atoms with E-state index < -0.39 is 0 Å². The number of hydrogen-bond acceptors (Lipinski definition) is 3. The molecule has 1 fully saturated rings. The van der Waals surface area contributed by atoms with Crippen LogP contribution >= 0.6 is 11.3 Å². The minimum atomic E-state index is 0.0297. The molecule has 0 atom stereocenters. The van der Waals surface area contributed by atoms with Crippen LogP contribution in [0.25, 0.3) is 10.2 Å². The van der Waals surface area contributed by atoms with Gasteiger partial charge in [-0.05, 0) is 43.9 Å². The lowest BCUT2D eigenvalue weighted by atomic mass is 10.1. The molecule has 1 aromatic carbocycles. The minimum Gasteiger partial charge on any atom is -0.383 e. The van der Waals surface area contributed by atoms with E-state index in [0.717, 1.165) is 24.2 Å². The van der Waals surface area contributed by atoms with E-state index in [1.807, 2.05) is 0 Å². The third kappa shape index (κ3) is 2.94. The van der Waals surface area contributed by atoms with Crippen molar-refractivity contribution in [2.75, 3.05) is 13.7 Å². The summed E-state index contributed by atoms with van der Waals surface area (Å²) in [4.78, 5) is 17.2. The first-order valence-corrected chi connectivity index (χ1v) is 8.10. The Hall–Kier alpha value is -1.46. The molecule has 0 spiro atoms. The fraction of sp³-hybridized carbons (Fsp3) is 0.500. The molecule has 1 heterocycles. The van der Waals surface area contributed by atoms with Crippen molar-refractivity contribution in [3.63, 3.8) is 0 Å². The molecular weight excluding hydrogens is 284 g/mol. The van der Waals surface area contributed by atoms with Crippen molar-refractivity contribution in [1.29, 1.82) is 0 Å². The van der Waals surface area contributed by atoms with Gasteiger partial charge in [0.05, 0.1) is 16.8 Å². The highest BCUT2D eigenvalue weighted by Crippen LogP contribution is 2.30. The van der Waals surface area contributed by atoms with Gasteiger partial charge in [-0.15, -0.1) is 0 Å². The Morgan fingerprint density at radius 2 is 2.19 bits per heavy atom. The van der Waals surface area contributed by atoms with Crippen molar-refractivity contribution in [1.82, 2.24) is 4.57 Å². The number of hydrogen-bond donors (Lipinski definition) is 0. The molecule has 0 saturated heterocycles. The van der Waals surface area contributed by atoms with Gasteiger partial charge in [0.2, 0.25) is 0 Å². The van der Waals surface area contributed by atoms with E-state index in [1.54, 1.807) is 18.4 Å². The number of methoxy groups -OCH3 is 1. The second kappa shape index (κ2) is 5.73. The number of aryl methyl sites for hydroxylation is 2. The maximum absolute atomic E-state index is 12.0. The van der Waals surface area contributed by atoms with Crippen LogP contribution in [-0.2, 0) is 16.1 Å². The molecule has 0 bridgehead atoms. The number of amides is 1. The number of carbonyl (C=O) groups is 1. The van der Waals surface area contributed by atoms with Crippen LogP contribution in [0.2, 0.25) is 0 Å². The molecule has 0 radical (unpaired) electrons. The van der Waals surface area contributed by atoms with E-state index in [0.29, 0.717) is 6.61 Å². The largest absolute Gasteiger partial charge is 0.383 e. The second-order valence-corrected chi connectivity index (χ2v) is 6.69. The van der Waals surface area contributed by atoms with E-state index in [4.69, 9.17) is 4.74 Å². The summed E-state index contributed by atoms with van der Waals surface area (Å²) in [6.45, 7) is 5.54. The summed E-state index contributed by atoms with van der Waals surface area (Å²) in [7, 11) is 1.69. The summed E-state index contributed by atoms with van der Waals surface area (Å²) in [6, 6.07) is 4.34. The molecule has 0 aliphatic heterocycles. The van der Waals surface area contributed by atoms with Gasteiger partial charge in [0.25, 0.3) is 5.91 Å². The van der Waals surface area contributed by atoms with Crippen molar-refractivity contribution in [2.24, 2.45) is 10.9 Å². The highest BCUT2D eigenvalue weighted by Gasteiger charge is 2.29. The van der Waals surface area contributed by atoms with Crippen LogP contribution in [0.3, 0.4) is 0 Å². The van der Waals surface area contributed by atoms with E-state index in [9.17, 15) is 4.79 Å². The van der Waals surface area contributed by atoms with Crippen LogP contribution in [-0.4, -0.2) is 24.2 Å². The zero-order valence-corrected chi connectivity index (χ0v) is 13.5. The lowest BCUT2D eigenvalue weighted by molar-refractivity contribution is -0.119. The first-order valence-electron chi connectivity index (χ1n) is 7.28. The first-order chi connectivity index (χ1) is 10.1. The summed E-state index contributed by atoms with van der Waals surface area (Å²) in [5.74, 6) is 0.191. The number of carbonyl (C=O) groups excluding carboxylic acids is 1. The molecule has 1 aliphatic rings. The predicted octanol–water partition coefficient (Wildman–Crippen LogP) is 2.80. The fourth-order valence-corrected chi connectivity index (χ4v) is 3.82. The Bertz CT molecular complexity index is 753. The Labute approximate surface area is 128 Å². The number of thiazole rings is 1. The number of nitrogens with zero attached hydrogens (tertiary/aromatic N) is 2. The van der Waals surface area contributed by atoms with Gasteiger partial charge in [0.1, 0.15) is 0 Å². The average molecular weight is 304 g/mol. The lowest BCUT2D eigenvalue weighted by Gasteiger charge is -2.07. The Morgan fingerprint density at radius 3 is 2.86 bits per heavy atom. The van der Waals surface area contributed by atoms with Crippen LogP contribution in [0.15, 0.2) is 17.1 Å². The number of ether oxygens (including phenoxy) is 1. The molecule has 0 unspecified atom stereocenters. The van der Waals surface area contributed by atoms with Gasteiger partial charge < -0.3 is 9.30 Å². The van der Waals surface area contributed by atoms with Crippen LogP contribution in [0, 0.1) is 19.8 Å². The topological polar surface area (TPSA) is 43.6 Å². The standard InChI is InChI=1S/C16H20N2O2S/c1-10-8-11(2)14-13(9-10)21-16(18(14)6-7-20-3)17-15(19)12-4-5-12/h8-9,12H,4-7H2,1-3H3. The Morgan fingerprint density at radius 1 is 1.43 bits per heavy atom. The zero-order valence-electron chi connectivity index (χ0n) is 12.7. The predicted molar refractivity (Wildman–Crippen MR) is 84.5 cm³/mol. The van der Waals surface area contributed by atoms with Crippen LogP contribution < -0.4 is 4.80 Å². The number of benzene rings is 1. The summed E-state index contributed by atoms with van der Waals surface area (Å²) in [6.07, 6.45) is 1.98. The number of fused-ring (bicyclic) bond motifs is 1. The molecule has 112 valence electrons. The molecule has 4 nitrogen and oxygen atoms in total. The van der Waals surface area contributed by atoms with E-state index >= 15 is 0 Å². The highest BCUT2D eigenvalue weighted by atomic mass is 32.1. The van der Waals surface area contributed by atoms with Crippen molar-refractivity contribution in [3.05, 3.63) is 28.1 Å². The maximum atomic E-state index is 12.0. The number of rotatable bonds is 4. The van der Waals surface area contributed by atoms with Gasteiger partial charge in [-0.1, -0.05) is 17.4 Å². The third-order valence-corrected chi connectivity index (χ3v) is 4.79. The summed E-state index contributed by atoms with van der Waals surface area (Å²) in [5.41, 5.74) is 3.63. The van der Waals surface area contributed by atoms with Crippen molar-refractivity contribution in [3.8, 4) is 0 Å². The number of aromatic nitrogens is 1. The van der Waals surface area contributed by atoms with Gasteiger partial charge in [0.15, 0.2) is 4.80 Å². The van der Waals surface area contributed by atoms with Gasteiger partial charge in [0, 0.05) is 19.6 Å². The summed E-state index contributed by atoms with van der Waals surface area (Å²) >= 11 is 1.60. The van der Waals surface area contributed by atoms with Crippen molar-refractivity contribution < 1.29 is 9.53 Å². The SMILES string of the molecule is COCCn1c(=NC(=O)C2CC2)sc2cc(C)cc(C)c21. The van der Waals surface area contributed by atoms with Gasteiger partial charge in [-0.3, -0.25) is 4.79 Å². The maximum Gasteiger partial charge on any atom is 0.251 e.